The van der Waals surface area contributed by atoms with Gasteiger partial charge in [0.05, 0.1) is 19.0 Å². The molecule has 1 N–H and O–H groups in total. The Kier molecular flexibility index (Phi) is 4.66. The second-order valence-corrected chi connectivity index (χ2v) is 7.40. The number of hydrogen-bond acceptors (Lipinski definition) is 4. The molecule has 0 amide bonds. The van der Waals surface area contributed by atoms with E-state index in [1.165, 1.54) is 36.1 Å². The standard InChI is InChI=1S/C20H28N4O/c1-23-14-19(12-21-23)24-9-3-4-18(13-24)22-17-7-5-15-6-8-20(25-2)11-16(15)10-17/h6,8,11-12,14,17-18,22H,3-5,7,9-10,13H2,1-2H3/t17-,18-/m1/s1. The third kappa shape index (κ3) is 3.66. The molecule has 5 nitrogen and oxygen atoms in total. The molecule has 1 aromatic heterocycles. The molecule has 4 rings (SSSR count). The molecule has 1 aliphatic heterocycles. The summed E-state index contributed by atoms with van der Waals surface area (Å²) in [6, 6.07) is 7.66. The summed E-state index contributed by atoms with van der Waals surface area (Å²) < 4.78 is 7.28. The summed E-state index contributed by atoms with van der Waals surface area (Å²) >= 11 is 0. The van der Waals surface area contributed by atoms with Crippen LogP contribution in [0.5, 0.6) is 5.75 Å². The highest BCUT2D eigenvalue weighted by Gasteiger charge is 2.25. The van der Waals surface area contributed by atoms with E-state index in [1.54, 1.807) is 7.11 Å². The molecule has 1 aromatic carbocycles. The van der Waals surface area contributed by atoms with Crippen molar-refractivity contribution in [1.82, 2.24) is 15.1 Å². The van der Waals surface area contributed by atoms with Crippen LogP contribution in [-0.2, 0) is 19.9 Å². The fourth-order valence-corrected chi connectivity index (χ4v) is 4.26. The van der Waals surface area contributed by atoms with E-state index >= 15 is 0 Å². The monoisotopic (exact) mass is 340 g/mol. The summed E-state index contributed by atoms with van der Waals surface area (Å²) in [5.74, 6) is 0.972. The molecule has 134 valence electrons. The summed E-state index contributed by atoms with van der Waals surface area (Å²) in [4.78, 5) is 2.47. The number of aryl methyl sites for hydroxylation is 2. The van der Waals surface area contributed by atoms with E-state index in [4.69, 9.17) is 4.74 Å². The predicted molar refractivity (Wildman–Crippen MR) is 100 cm³/mol. The summed E-state index contributed by atoms with van der Waals surface area (Å²) in [6.07, 6.45) is 10.1. The summed E-state index contributed by atoms with van der Waals surface area (Å²) in [7, 11) is 3.73. The topological polar surface area (TPSA) is 42.3 Å². The average molecular weight is 340 g/mol. The Morgan fingerprint density at radius 2 is 2.12 bits per heavy atom. The SMILES string of the molecule is COc1ccc2c(c1)C[C@H](N[C@@H]1CCCN(c3cnn(C)c3)C1)CC2. The van der Waals surface area contributed by atoms with Gasteiger partial charge in [0, 0.05) is 38.4 Å². The van der Waals surface area contributed by atoms with Crippen LogP contribution in [0, 0.1) is 0 Å². The average Bonchev–Trinajstić information content (AvgIpc) is 3.08. The quantitative estimate of drug-likeness (QED) is 0.929. The number of fused-ring (bicyclic) bond motifs is 1. The van der Waals surface area contributed by atoms with Crippen LogP contribution < -0.4 is 15.0 Å². The van der Waals surface area contributed by atoms with Gasteiger partial charge in [0.2, 0.25) is 0 Å². The Bertz CT molecular complexity index is 726. The first kappa shape index (κ1) is 16.5. The molecule has 2 aromatic rings. The van der Waals surface area contributed by atoms with Crippen LogP contribution in [0.4, 0.5) is 5.69 Å². The van der Waals surface area contributed by atoms with E-state index < -0.39 is 0 Å². The highest BCUT2D eigenvalue weighted by molar-refractivity contribution is 5.43. The van der Waals surface area contributed by atoms with Gasteiger partial charge in [-0.15, -0.1) is 0 Å². The normalized spacial score (nSPS) is 23.4. The van der Waals surface area contributed by atoms with Gasteiger partial charge in [0.1, 0.15) is 5.75 Å². The van der Waals surface area contributed by atoms with Crippen molar-refractivity contribution in [2.45, 2.75) is 44.2 Å². The molecule has 1 aliphatic carbocycles. The summed E-state index contributed by atoms with van der Waals surface area (Å²) in [6.45, 7) is 2.21. The maximum Gasteiger partial charge on any atom is 0.119 e. The third-order valence-corrected chi connectivity index (χ3v) is 5.59. The van der Waals surface area contributed by atoms with Gasteiger partial charge in [0.25, 0.3) is 0 Å². The van der Waals surface area contributed by atoms with Crippen molar-refractivity contribution in [3.63, 3.8) is 0 Å². The summed E-state index contributed by atoms with van der Waals surface area (Å²) in [5.41, 5.74) is 4.18. The molecule has 25 heavy (non-hydrogen) atoms. The number of ether oxygens (including phenoxy) is 1. The van der Waals surface area contributed by atoms with Crippen LogP contribution >= 0.6 is 0 Å². The van der Waals surface area contributed by atoms with Gasteiger partial charge in [-0.2, -0.15) is 5.10 Å². The number of rotatable bonds is 4. The maximum atomic E-state index is 5.40. The van der Waals surface area contributed by atoms with Gasteiger partial charge >= 0.3 is 0 Å². The Balaban J connectivity index is 1.38. The van der Waals surface area contributed by atoms with Crippen LogP contribution in [0.1, 0.15) is 30.4 Å². The second kappa shape index (κ2) is 7.08. The molecule has 0 bridgehead atoms. The minimum Gasteiger partial charge on any atom is -0.497 e. The maximum absolute atomic E-state index is 5.40. The first-order valence-electron chi connectivity index (χ1n) is 9.36. The van der Waals surface area contributed by atoms with E-state index in [1.807, 2.05) is 17.9 Å². The number of piperidine rings is 1. The molecule has 2 atom stereocenters. The minimum absolute atomic E-state index is 0.561. The molecule has 1 saturated heterocycles. The lowest BCUT2D eigenvalue weighted by molar-refractivity contribution is 0.351. The van der Waals surface area contributed by atoms with E-state index in [2.05, 4.69) is 39.7 Å². The number of hydrogen-bond donors (Lipinski definition) is 1. The van der Waals surface area contributed by atoms with Gasteiger partial charge in [-0.3, -0.25) is 4.68 Å². The smallest absolute Gasteiger partial charge is 0.119 e. The third-order valence-electron chi connectivity index (χ3n) is 5.59. The lowest BCUT2D eigenvalue weighted by atomic mass is 9.87. The van der Waals surface area contributed by atoms with Crippen LogP contribution in [0.25, 0.3) is 0 Å². The Morgan fingerprint density at radius 1 is 1.20 bits per heavy atom. The molecule has 2 aliphatic rings. The predicted octanol–water partition coefficient (Wildman–Crippen LogP) is 2.54. The molecule has 0 unspecified atom stereocenters. The Morgan fingerprint density at radius 3 is 2.92 bits per heavy atom. The Hall–Kier alpha value is -2.01. The zero-order chi connectivity index (χ0) is 17.2. The molecule has 1 fully saturated rings. The van der Waals surface area contributed by atoms with Crippen LogP contribution in [-0.4, -0.2) is 42.1 Å². The number of methoxy groups -OCH3 is 1. The Labute approximate surface area is 150 Å². The molecule has 0 saturated carbocycles. The highest BCUT2D eigenvalue weighted by Crippen LogP contribution is 2.27. The highest BCUT2D eigenvalue weighted by atomic mass is 16.5. The molecule has 5 heteroatoms. The van der Waals surface area contributed by atoms with Crippen molar-refractivity contribution in [2.24, 2.45) is 7.05 Å². The lowest BCUT2D eigenvalue weighted by Gasteiger charge is -2.37. The van der Waals surface area contributed by atoms with E-state index in [9.17, 15) is 0 Å². The second-order valence-electron chi connectivity index (χ2n) is 7.40. The van der Waals surface area contributed by atoms with Crippen molar-refractivity contribution in [3.8, 4) is 5.75 Å². The van der Waals surface area contributed by atoms with Crippen molar-refractivity contribution in [1.29, 1.82) is 0 Å². The van der Waals surface area contributed by atoms with Gasteiger partial charge < -0.3 is 15.0 Å². The van der Waals surface area contributed by atoms with Gasteiger partial charge in [-0.05, 0) is 55.4 Å². The largest absolute Gasteiger partial charge is 0.497 e. The number of anilines is 1. The van der Waals surface area contributed by atoms with Gasteiger partial charge in [-0.25, -0.2) is 0 Å². The van der Waals surface area contributed by atoms with E-state index in [0.717, 1.165) is 31.7 Å². The van der Waals surface area contributed by atoms with Crippen LogP contribution in [0.2, 0.25) is 0 Å². The number of nitrogens with one attached hydrogen (secondary N) is 1. The fourth-order valence-electron chi connectivity index (χ4n) is 4.26. The van der Waals surface area contributed by atoms with E-state index in [-0.39, 0.29) is 0 Å². The first-order valence-corrected chi connectivity index (χ1v) is 9.36. The van der Waals surface area contributed by atoms with Crippen LogP contribution in [0.15, 0.2) is 30.6 Å². The molecular formula is C20H28N4O. The zero-order valence-corrected chi connectivity index (χ0v) is 15.2. The van der Waals surface area contributed by atoms with Crippen molar-refractivity contribution >= 4 is 5.69 Å². The lowest BCUT2D eigenvalue weighted by Crippen LogP contribution is -2.50. The molecule has 0 spiro atoms. The van der Waals surface area contributed by atoms with Crippen molar-refractivity contribution in [2.75, 3.05) is 25.1 Å². The summed E-state index contributed by atoms with van der Waals surface area (Å²) in [5, 5.41) is 8.25. The van der Waals surface area contributed by atoms with Crippen LogP contribution in [0.3, 0.4) is 0 Å². The minimum atomic E-state index is 0.561. The molecule has 0 radical (unpaired) electrons. The van der Waals surface area contributed by atoms with Gasteiger partial charge in [-0.1, -0.05) is 6.07 Å². The number of benzene rings is 1. The van der Waals surface area contributed by atoms with Crippen molar-refractivity contribution in [3.05, 3.63) is 41.7 Å². The molecular weight excluding hydrogens is 312 g/mol. The molecule has 2 heterocycles. The van der Waals surface area contributed by atoms with Gasteiger partial charge in [0.15, 0.2) is 0 Å². The van der Waals surface area contributed by atoms with Crippen molar-refractivity contribution < 1.29 is 4.74 Å². The zero-order valence-electron chi connectivity index (χ0n) is 15.2. The number of nitrogens with zero attached hydrogens (tertiary/aromatic N) is 3. The number of aromatic nitrogens is 2. The van der Waals surface area contributed by atoms with E-state index in [0.29, 0.717) is 12.1 Å². The first-order chi connectivity index (χ1) is 12.2. The fraction of sp³-hybridized carbons (Fsp3) is 0.550.